The Kier molecular flexibility index (Phi) is 5.46. The van der Waals surface area contributed by atoms with E-state index >= 15 is 0 Å². The van der Waals surface area contributed by atoms with E-state index in [1.54, 1.807) is 6.20 Å². The van der Waals surface area contributed by atoms with E-state index in [2.05, 4.69) is 15.6 Å². The fourth-order valence-electron chi connectivity index (χ4n) is 2.25. The number of rotatable bonds is 5. The van der Waals surface area contributed by atoms with Crippen molar-refractivity contribution >= 4 is 17.5 Å². The second-order valence-electron chi connectivity index (χ2n) is 5.56. The number of anilines is 1. The second kappa shape index (κ2) is 7.54. The first-order valence-corrected chi connectivity index (χ1v) is 7.51. The molecule has 23 heavy (non-hydrogen) atoms. The summed E-state index contributed by atoms with van der Waals surface area (Å²) < 4.78 is 0. The maximum Gasteiger partial charge on any atom is 0.247 e. The average Bonchev–Trinajstić information content (AvgIpc) is 2.51. The number of amides is 2. The van der Waals surface area contributed by atoms with E-state index in [0.717, 1.165) is 16.8 Å². The summed E-state index contributed by atoms with van der Waals surface area (Å²) in [6.45, 7) is 5.26. The lowest BCUT2D eigenvalue weighted by Gasteiger charge is -2.18. The molecule has 0 aliphatic rings. The molecule has 1 heterocycles. The summed E-state index contributed by atoms with van der Waals surface area (Å²) in [6, 6.07) is 10.8. The molecule has 2 N–H and O–H groups in total. The largest absolute Gasteiger partial charge is 0.344 e. The van der Waals surface area contributed by atoms with Gasteiger partial charge in [0.15, 0.2) is 0 Å². The zero-order chi connectivity index (χ0) is 16.8. The number of carbonyl (C=O) groups is 2. The van der Waals surface area contributed by atoms with Gasteiger partial charge in [-0.2, -0.15) is 0 Å². The van der Waals surface area contributed by atoms with Crippen molar-refractivity contribution in [1.82, 2.24) is 10.3 Å². The summed E-state index contributed by atoms with van der Waals surface area (Å²) in [6.07, 6.45) is 2.05. The van der Waals surface area contributed by atoms with E-state index < -0.39 is 6.04 Å². The van der Waals surface area contributed by atoms with Crippen molar-refractivity contribution in [2.75, 3.05) is 5.32 Å². The number of aryl methyl sites for hydroxylation is 2. The van der Waals surface area contributed by atoms with Crippen LogP contribution in [0.2, 0.25) is 0 Å². The number of aromatic nitrogens is 1. The molecule has 5 heteroatoms. The van der Waals surface area contributed by atoms with E-state index in [0.29, 0.717) is 12.1 Å². The lowest BCUT2D eigenvalue weighted by Crippen LogP contribution is -2.44. The minimum Gasteiger partial charge on any atom is -0.344 e. The Labute approximate surface area is 136 Å². The van der Waals surface area contributed by atoms with Crippen LogP contribution in [-0.2, 0) is 16.0 Å². The lowest BCUT2D eigenvalue weighted by molar-refractivity contribution is -0.125. The van der Waals surface area contributed by atoms with Crippen LogP contribution in [-0.4, -0.2) is 22.8 Å². The first-order valence-electron chi connectivity index (χ1n) is 7.51. The third kappa shape index (κ3) is 4.92. The molecule has 1 aromatic heterocycles. The van der Waals surface area contributed by atoms with Crippen molar-refractivity contribution < 1.29 is 9.59 Å². The van der Waals surface area contributed by atoms with Gasteiger partial charge in [-0.05, 0) is 31.0 Å². The van der Waals surface area contributed by atoms with Gasteiger partial charge in [-0.3, -0.25) is 14.6 Å². The maximum atomic E-state index is 12.5. The quantitative estimate of drug-likeness (QED) is 0.890. The average molecular weight is 311 g/mol. The van der Waals surface area contributed by atoms with Gasteiger partial charge in [-0.1, -0.05) is 30.3 Å². The zero-order valence-corrected chi connectivity index (χ0v) is 13.6. The van der Waals surface area contributed by atoms with Crippen LogP contribution < -0.4 is 10.6 Å². The normalized spacial score (nSPS) is 11.6. The van der Waals surface area contributed by atoms with Crippen LogP contribution in [0.5, 0.6) is 0 Å². The highest BCUT2D eigenvalue weighted by Gasteiger charge is 2.20. The molecule has 0 aliphatic heterocycles. The minimum atomic E-state index is -0.628. The summed E-state index contributed by atoms with van der Waals surface area (Å²) in [5.74, 6) is -0.492. The predicted octanol–water partition coefficient (Wildman–Crippen LogP) is 2.38. The van der Waals surface area contributed by atoms with E-state index in [1.165, 1.54) is 6.92 Å². The molecule has 0 saturated carbocycles. The van der Waals surface area contributed by atoms with Gasteiger partial charge in [-0.25, -0.2) is 0 Å². The molecular formula is C18H21N3O2. The van der Waals surface area contributed by atoms with E-state index in [1.807, 2.05) is 50.2 Å². The molecule has 5 nitrogen and oxygen atoms in total. The summed E-state index contributed by atoms with van der Waals surface area (Å²) in [5.41, 5.74) is 3.54. The van der Waals surface area contributed by atoms with Crippen molar-refractivity contribution in [2.45, 2.75) is 33.2 Å². The van der Waals surface area contributed by atoms with Gasteiger partial charge >= 0.3 is 0 Å². The SMILES string of the molecule is CC(=O)N[C@@H](Cc1ccccc1)C(=O)Nc1cnc(C)c(C)c1. The van der Waals surface area contributed by atoms with Gasteiger partial charge < -0.3 is 10.6 Å². The van der Waals surface area contributed by atoms with Gasteiger partial charge in [0.2, 0.25) is 11.8 Å². The van der Waals surface area contributed by atoms with Crippen LogP contribution in [0, 0.1) is 13.8 Å². The van der Waals surface area contributed by atoms with Gasteiger partial charge in [0.05, 0.1) is 11.9 Å². The van der Waals surface area contributed by atoms with Crippen molar-refractivity contribution in [3.63, 3.8) is 0 Å². The van der Waals surface area contributed by atoms with E-state index in [-0.39, 0.29) is 11.8 Å². The number of nitrogens with one attached hydrogen (secondary N) is 2. The number of hydrogen-bond acceptors (Lipinski definition) is 3. The van der Waals surface area contributed by atoms with E-state index in [4.69, 9.17) is 0 Å². The summed E-state index contributed by atoms with van der Waals surface area (Å²) in [5, 5.41) is 5.52. The Bertz CT molecular complexity index is 699. The molecule has 0 aliphatic carbocycles. The van der Waals surface area contributed by atoms with E-state index in [9.17, 15) is 9.59 Å². The molecule has 0 saturated heterocycles. The molecule has 0 bridgehead atoms. The number of nitrogens with zero attached hydrogens (tertiary/aromatic N) is 1. The fraction of sp³-hybridized carbons (Fsp3) is 0.278. The molecular weight excluding hydrogens is 290 g/mol. The number of pyridine rings is 1. The van der Waals surface area contributed by atoms with Gasteiger partial charge in [0.1, 0.15) is 6.04 Å². The molecule has 0 radical (unpaired) electrons. The topological polar surface area (TPSA) is 71.1 Å². The Balaban J connectivity index is 2.12. The summed E-state index contributed by atoms with van der Waals surface area (Å²) in [4.78, 5) is 28.1. The summed E-state index contributed by atoms with van der Waals surface area (Å²) in [7, 11) is 0. The summed E-state index contributed by atoms with van der Waals surface area (Å²) >= 11 is 0. The van der Waals surface area contributed by atoms with Crippen LogP contribution in [0.25, 0.3) is 0 Å². The number of hydrogen-bond donors (Lipinski definition) is 2. The molecule has 0 unspecified atom stereocenters. The van der Waals surface area contributed by atoms with Crippen molar-refractivity contribution in [3.05, 3.63) is 59.4 Å². The highest BCUT2D eigenvalue weighted by atomic mass is 16.2. The maximum absolute atomic E-state index is 12.5. The van der Waals surface area contributed by atoms with Gasteiger partial charge in [0.25, 0.3) is 0 Å². The Morgan fingerprint density at radius 1 is 1.17 bits per heavy atom. The van der Waals surface area contributed by atoms with Gasteiger partial charge in [-0.15, -0.1) is 0 Å². The molecule has 0 spiro atoms. The van der Waals surface area contributed by atoms with Crippen molar-refractivity contribution in [3.8, 4) is 0 Å². The van der Waals surface area contributed by atoms with Crippen LogP contribution >= 0.6 is 0 Å². The standard InChI is InChI=1S/C18H21N3O2/c1-12-9-16(11-19-13(12)2)21-18(23)17(20-14(3)22)10-15-7-5-4-6-8-15/h4-9,11,17H,10H2,1-3H3,(H,20,22)(H,21,23)/t17-/m0/s1. The number of benzene rings is 1. The molecule has 2 rings (SSSR count). The Morgan fingerprint density at radius 3 is 2.48 bits per heavy atom. The fourth-order valence-corrected chi connectivity index (χ4v) is 2.25. The third-order valence-corrected chi connectivity index (χ3v) is 3.58. The predicted molar refractivity (Wildman–Crippen MR) is 90.1 cm³/mol. The monoisotopic (exact) mass is 311 g/mol. The second-order valence-corrected chi connectivity index (χ2v) is 5.56. The highest BCUT2D eigenvalue weighted by Crippen LogP contribution is 2.12. The molecule has 120 valence electrons. The highest BCUT2D eigenvalue weighted by molar-refractivity contribution is 5.97. The van der Waals surface area contributed by atoms with Crippen LogP contribution in [0.3, 0.4) is 0 Å². The third-order valence-electron chi connectivity index (χ3n) is 3.58. The Morgan fingerprint density at radius 2 is 1.87 bits per heavy atom. The van der Waals surface area contributed by atoms with Gasteiger partial charge in [0, 0.05) is 19.0 Å². The van der Waals surface area contributed by atoms with Crippen molar-refractivity contribution in [2.24, 2.45) is 0 Å². The molecule has 1 aromatic carbocycles. The van der Waals surface area contributed by atoms with Crippen LogP contribution in [0.1, 0.15) is 23.7 Å². The molecule has 1 atom stereocenters. The first-order chi connectivity index (χ1) is 11.0. The first kappa shape index (κ1) is 16.7. The molecule has 0 fully saturated rings. The van der Waals surface area contributed by atoms with Crippen LogP contribution in [0.4, 0.5) is 5.69 Å². The van der Waals surface area contributed by atoms with Crippen molar-refractivity contribution in [1.29, 1.82) is 0 Å². The smallest absolute Gasteiger partial charge is 0.247 e. The van der Waals surface area contributed by atoms with Crippen LogP contribution in [0.15, 0.2) is 42.6 Å². The minimum absolute atomic E-state index is 0.237. The number of carbonyl (C=O) groups excluding carboxylic acids is 2. The molecule has 2 amide bonds. The lowest BCUT2D eigenvalue weighted by atomic mass is 10.1. The Hall–Kier alpha value is -2.69. The molecule has 2 aromatic rings. The zero-order valence-electron chi connectivity index (χ0n) is 13.6.